The van der Waals surface area contributed by atoms with Crippen LogP contribution >= 0.6 is 11.6 Å². The lowest BCUT2D eigenvalue weighted by atomic mass is 9.99. The van der Waals surface area contributed by atoms with Gasteiger partial charge in [0, 0.05) is 31.6 Å². The second-order valence-corrected chi connectivity index (χ2v) is 5.94. The van der Waals surface area contributed by atoms with Crippen molar-refractivity contribution < 1.29 is 8.78 Å². The third-order valence-electron chi connectivity index (χ3n) is 4.38. The third-order valence-corrected chi connectivity index (χ3v) is 4.69. The molecule has 3 rings (SSSR count). The van der Waals surface area contributed by atoms with Gasteiger partial charge in [0.05, 0.1) is 0 Å². The Morgan fingerprint density at radius 3 is 2.55 bits per heavy atom. The molecule has 0 amide bonds. The lowest BCUT2D eigenvalue weighted by Gasteiger charge is -2.45. The van der Waals surface area contributed by atoms with E-state index in [4.69, 9.17) is 11.6 Å². The Bertz CT molecular complexity index is 472. The maximum absolute atomic E-state index is 14.2. The smallest absolute Gasteiger partial charge is 0.149 e. The van der Waals surface area contributed by atoms with Crippen molar-refractivity contribution in [2.24, 2.45) is 0 Å². The Morgan fingerprint density at radius 2 is 1.85 bits per heavy atom. The van der Waals surface area contributed by atoms with E-state index in [-0.39, 0.29) is 11.6 Å². The van der Waals surface area contributed by atoms with Crippen LogP contribution in [0.15, 0.2) is 12.1 Å². The second kappa shape index (κ2) is 5.86. The van der Waals surface area contributed by atoms with Crippen LogP contribution in [-0.4, -0.2) is 37.1 Å². The van der Waals surface area contributed by atoms with Gasteiger partial charge in [0.2, 0.25) is 0 Å². The Morgan fingerprint density at radius 1 is 1.10 bits per heavy atom. The SMILES string of the molecule is Fc1cc(CCl)cc(F)c1N1CCN2CCCCC2C1. The van der Waals surface area contributed by atoms with Gasteiger partial charge in [-0.05, 0) is 37.1 Å². The zero-order chi connectivity index (χ0) is 14.1. The van der Waals surface area contributed by atoms with Crippen LogP contribution in [0.4, 0.5) is 14.5 Å². The molecule has 0 radical (unpaired) electrons. The van der Waals surface area contributed by atoms with Gasteiger partial charge >= 0.3 is 0 Å². The molecule has 2 aliphatic heterocycles. The van der Waals surface area contributed by atoms with Crippen LogP contribution in [0, 0.1) is 11.6 Å². The van der Waals surface area contributed by atoms with Gasteiger partial charge in [0.15, 0.2) is 0 Å². The molecule has 0 aliphatic carbocycles. The van der Waals surface area contributed by atoms with Gasteiger partial charge in [-0.25, -0.2) is 8.78 Å². The van der Waals surface area contributed by atoms with Crippen molar-refractivity contribution in [2.75, 3.05) is 31.1 Å². The summed E-state index contributed by atoms with van der Waals surface area (Å²) in [7, 11) is 0. The Labute approximate surface area is 123 Å². The number of benzene rings is 1. The molecule has 20 heavy (non-hydrogen) atoms. The molecule has 0 bridgehead atoms. The van der Waals surface area contributed by atoms with Crippen LogP contribution in [-0.2, 0) is 5.88 Å². The molecule has 1 atom stereocenters. The standard InChI is InChI=1S/C15H19ClF2N2/c16-9-11-7-13(17)15(14(18)8-11)20-6-5-19-4-2-1-3-12(19)10-20/h7-8,12H,1-6,9-10H2. The van der Waals surface area contributed by atoms with Crippen LogP contribution in [0.25, 0.3) is 0 Å². The predicted octanol–water partition coefficient (Wildman–Crippen LogP) is 3.38. The summed E-state index contributed by atoms with van der Waals surface area (Å²) >= 11 is 5.65. The van der Waals surface area contributed by atoms with Gasteiger partial charge in [-0.15, -0.1) is 11.6 Å². The third kappa shape index (κ3) is 2.63. The maximum Gasteiger partial charge on any atom is 0.149 e. The summed E-state index contributed by atoms with van der Waals surface area (Å²) in [5.41, 5.74) is 0.603. The quantitative estimate of drug-likeness (QED) is 0.773. The lowest BCUT2D eigenvalue weighted by Crippen LogP contribution is -2.55. The molecule has 2 heterocycles. The number of nitrogens with zero attached hydrogens (tertiary/aromatic N) is 2. The van der Waals surface area contributed by atoms with Crippen LogP contribution in [0.1, 0.15) is 24.8 Å². The molecule has 2 fully saturated rings. The van der Waals surface area contributed by atoms with E-state index >= 15 is 0 Å². The fourth-order valence-electron chi connectivity index (χ4n) is 3.36. The topological polar surface area (TPSA) is 6.48 Å². The van der Waals surface area contributed by atoms with Crippen molar-refractivity contribution in [3.05, 3.63) is 29.3 Å². The first-order valence-electron chi connectivity index (χ1n) is 7.22. The number of halogens is 3. The van der Waals surface area contributed by atoms with Gasteiger partial charge < -0.3 is 4.90 Å². The average molecular weight is 301 g/mol. The number of anilines is 1. The van der Waals surface area contributed by atoms with Crippen molar-refractivity contribution in [3.8, 4) is 0 Å². The van der Waals surface area contributed by atoms with E-state index in [1.807, 2.05) is 4.90 Å². The number of piperidine rings is 1. The number of fused-ring (bicyclic) bond motifs is 1. The molecule has 0 N–H and O–H groups in total. The first-order valence-corrected chi connectivity index (χ1v) is 7.75. The Hall–Kier alpha value is -0.870. The first-order chi connectivity index (χ1) is 9.69. The minimum atomic E-state index is -0.495. The number of rotatable bonds is 2. The molecule has 2 aliphatic rings. The van der Waals surface area contributed by atoms with Crippen molar-refractivity contribution in [2.45, 2.75) is 31.2 Å². The monoisotopic (exact) mass is 300 g/mol. The summed E-state index contributed by atoms with van der Waals surface area (Å²) in [5.74, 6) is -0.861. The lowest BCUT2D eigenvalue weighted by molar-refractivity contribution is 0.133. The second-order valence-electron chi connectivity index (χ2n) is 5.67. The van der Waals surface area contributed by atoms with Gasteiger partial charge in [0.25, 0.3) is 0 Å². The Balaban J connectivity index is 1.83. The predicted molar refractivity (Wildman–Crippen MR) is 77.3 cm³/mol. The van der Waals surface area contributed by atoms with E-state index in [9.17, 15) is 8.78 Å². The normalized spacial score (nSPS) is 23.8. The molecule has 0 spiro atoms. The Kier molecular flexibility index (Phi) is 4.13. The van der Waals surface area contributed by atoms with E-state index in [1.165, 1.54) is 25.0 Å². The minimum absolute atomic E-state index is 0.115. The molecule has 1 aromatic rings. The van der Waals surface area contributed by atoms with Crippen molar-refractivity contribution in [3.63, 3.8) is 0 Å². The van der Waals surface area contributed by atoms with Crippen LogP contribution in [0.2, 0.25) is 0 Å². The highest BCUT2D eigenvalue weighted by molar-refractivity contribution is 6.17. The fraction of sp³-hybridized carbons (Fsp3) is 0.600. The minimum Gasteiger partial charge on any atom is -0.364 e. The summed E-state index contributed by atoms with van der Waals surface area (Å²) < 4.78 is 28.3. The molecule has 2 saturated heterocycles. The van der Waals surface area contributed by atoms with E-state index in [1.54, 1.807) is 0 Å². The van der Waals surface area contributed by atoms with Gasteiger partial charge in [0.1, 0.15) is 17.3 Å². The van der Waals surface area contributed by atoms with Crippen LogP contribution < -0.4 is 4.90 Å². The highest BCUT2D eigenvalue weighted by atomic mass is 35.5. The van der Waals surface area contributed by atoms with E-state index in [0.29, 0.717) is 24.7 Å². The molecular formula is C15H19ClF2N2. The molecular weight excluding hydrogens is 282 g/mol. The molecule has 1 unspecified atom stereocenters. The maximum atomic E-state index is 14.2. The van der Waals surface area contributed by atoms with Crippen molar-refractivity contribution >= 4 is 17.3 Å². The van der Waals surface area contributed by atoms with Crippen LogP contribution in [0.3, 0.4) is 0 Å². The van der Waals surface area contributed by atoms with E-state index in [2.05, 4.69) is 4.90 Å². The first kappa shape index (κ1) is 14.1. The number of hydrogen-bond acceptors (Lipinski definition) is 2. The molecule has 0 saturated carbocycles. The fourth-order valence-corrected chi connectivity index (χ4v) is 3.51. The van der Waals surface area contributed by atoms with Crippen molar-refractivity contribution in [1.29, 1.82) is 0 Å². The zero-order valence-electron chi connectivity index (χ0n) is 11.4. The summed E-state index contributed by atoms with van der Waals surface area (Å²) in [5, 5.41) is 0. The molecule has 0 aromatic heterocycles. The van der Waals surface area contributed by atoms with Gasteiger partial charge in [-0.1, -0.05) is 6.42 Å². The molecule has 1 aromatic carbocycles. The zero-order valence-corrected chi connectivity index (χ0v) is 12.2. The average Bonchev–Trinajstić information content (AvgIpc) is 2.46. The highest BCUT2D eigenvalue weighted by Crippen LogP contribution is 2.30. The summed E-state index contributed by atoms with van der Waals surface area (Å²) in [6.07, 6.45) is 3.58. The number of alkyl halides is 1. The van der Waals surface area contributed by atoms with E-state index in [0.717, 1.165) is 19.5 Å². The summed E-state index contributed by atoms with van der Waals surface area (Å²) in [6.45, 7) is 3.41. The summed E-state index contributed by atoms with van der Waals surface area (Å²) in [6, 6.07) is 3.13. The molecule has 2 nitrogen and oxygen atoms in total. The molecule has 5 heteroatoms. The van der Waals surface area contributed by atoms with Gasteiger partial charge in [-0.2, -0.15) is 0 Å². The number of hydrogen-bond donors (Lipinski definition) is 0. The van der Waals surface area contributed by atoms with Crippen LogP contribution in [0.5, 0.6) is 0 Å². The molecule has 110 valence electrons. The largest absolute Gasteiger partial charge is 0.364 e. The van der Waals surface area contributed by atoms with Gasteiger partial charge in [-0.3, -0.25) is 4.90 Å². The highest BCUT2D eigenvalue weighted by Gasteiger charge is 2.31. The number of piperazine rings is 1. The van der Waals surface area contributed by atoms with E-state index < -0.39 is 11.6 Å². The summed E-state index contributed by atoms with van der Waals surface area (Å²) in [4.78, 5) is 4.30. The van der Waals surface area contributed by atoms with Crippen molar-refractivity contribution in [1.82, 2.24) is 4.90 Å².